The lowest BCUT2D eigenvalue weighted by Crippen LogP contribution is -2.23. The summed E-state index contributed by atoms with van der Waals surface area (Å²) in [4.78, 5) is 11.9. The summed E-state index contributed by atoms with van der Waals surface area (Å²) in [6.07, 6.45) is 0. The Morgan fingerprint density at radius 2 is 1.67 bits per heavy atom. The quantitative estimate of drug-likeness (QED) is 0.449. The van der Waals surface area contributed by atoms with Gasteiger partial charge in [0, 0.05) is 3.92 Å². The Kier molecular flexibility index (Phi) is 5.20. The molecule has 0 aromatic heterocycles. The van der Waals surface area contributed by atoms with Gasteiger partial charge in [-0.05, 0) is 44.4 Å². The summed E-state index contributed by atoms with van der Waals surface area (Å²) in [5.74, 6) is 0.225. The van der Waals surface area contributed by atoms with E-state index in [0.717, 1.165) is 0 Å². The predicted octanol–water partition coefficient (Wildman–Crippen LogP) is 4.57. The second-order valence-corrected chi connectivity index (χ2v) is 7.55. The van der Waals surface area contributed by atoms with Gasteiger partial charge in [0.15, 0.2) is 0 Å². The average Bonchev–Trinajstić information content (AvgIpc) is 2.26. The SMILES string of the molecule is CC(I)C(C)c1ccc(C(=O)OC(C)(C)C)cc1. The first-order chi connectivity index (χ1) is 8.20. The van der Waals surface area contributed by atoms with Crippen molar-refractivity contribution in [1.82, 2.24) is 0 Å². The molecular formula is C15H21IO2. The first-order valence-electron chi connectivity index (χ1n) is 6.18. The monoisotopic (exact) mass is 360 g/mol. The summed E-state index contributed by atoms with van der Waals surface area (Å²) in [5, 5.41) is 0. The molecule has 0 aliphatic carbocycles. The third-order valence-electron chi connectivity index (χ3n) is 2.76. The van der Waals surface area contributed by atoms with Crippen molar-refractivity contribution in [3.05, 3.63) is 35.4 Å². The van der Waals surface area contributed by atoms with Crippen molar-refractivity contribution in [1.29, 1.82) is 0 Å². The highest BCUT2D eigenvalue weighted by Gasteiger charge is 2.18. The minimum Gasteiger partial charge on any atom is -0.456 e. The lowest BCUT2D eigenvalue weighted by atomic mass is 9.97. The lowest BCUT2D eigenvalue weighted by molar-refractivity contribution is 0.00695. The van der Waals surface area contributed by atoms with E-state index < -0.39 is 5.60 Å². The van der Waals surface area contributed by atoms with Crippen molar-refractivity contribution in [2.24, 2.45) is 0 Å². The van der Waals surface area contributed by atoms with E-state index in [4.69, 9.17) is 4.74 Å². The second kappa shape index (κ2) is 6.04. The standard InChI is InChI=1S/C15H21IO2/c1-10(11(2)16)12-6-8-13(9-7-12)14(17)18-15(3,4)5/h6-11H,1-5H3. The molecule has 0 amide bonds. The van der Waals surface area contributed by atoms with Gasteiger partial charge in [-0.25, -0.2) is 4.79 Å². The van der Waals surface area contributed by atoms with Gasteiger partial charge in [-0.2, -0.15) is 0 Å². The summed E-state index contributed by atoms with van der Waals surface area (Å²) in [7, 11) is 0. The van der Waals surface area contributed by atoms with Crippen molar-refractivity contribution in [3.63, 3.8) is 0 Å². The zero-order chi connectivity index (χ0) is 13.9. The molecule has 100 valence electrons. The molecule has 0 saturated heterocycles. The predicted molar refractivity (Wildman–Crippen MR) is 83.5 cm³/mol. The van der Waals surface area contributed by atoms with Gasteiger partial charge in [0.2, 0.25) is 0 Å². The maximum atomic E-state index is 11.9. The molecule has 1 aromatic rings. The van der Waals surface area contributed by atoms with Crippen LogP contribution in [0.15, 0.2) is 24.3 Å². The fourth-order valence-corrected chi connectivity index (χ4v) is 1.94. The fraction of sp³-hybridized carbons (Fsp3) is 0.533. The first-order valence-corrected chi connectivity index (χ1v) is 7.42. The molecule has 0 spiro atoms. The van der Waals surface area contributed by atoms with Crippen LogP contribution >= 0.6 is 22.6 Å². The smallest absolute Gasteiger partial charge is 0.338 e. The van der Waals surface area contributed by atoms with Gasteiger partial charge in [0.1, 0.15) is 5.60 Å². The highest BCUT2D eigenvalue weighted by atomic mass is 127. The topological polar surface area (TPSA) is 26.3 Å². The van der Waals surface area contributed by atoms with Crippen LogP contribution in [-0.4, -0.2) is 15.5 Å². The van der Waals surface area contributed by atoms with Gasteiger partial charge in [0.25, 0.3) is 0 Å². The molecule has 0 saturated carbocycles. The number of alkyl halides is 1. The third-order valence-corrected chi connectivity index (χ3v) is 3.84. The van der Waals surface area contributed by atoms with Crippen molar-refractivity contribution < 1.29 is 9.53 Å². The molecule has 1 rings (SSSR count). The number of carbonyl (C=O) groups is 1. The first kappa shape index (κ1) is 15.5. The Balaban J connectivity index is 2.80. The van der Waals surface area contributed by atoms with E-state index in [1.54, 1.807) is 0 Å². The van der Waals surface area contributed by atoms with Gasteiger partial charge >= 0.3 is 5.97 Å². The average molecular weight is 360 g/mol. The zero-order valence-corrected chi connectivity index (χ0v) is 13.8. The number of hydrogen-bond acceptors (Lipinski definition) is 2. The van der Waals surface area contributed by atoms with Crippen LogP contribution < -0.4 is 0 Å². The fourth-order valence-electron chi connectivity index (χ4n) is 1.52. The third kappa shape index (κ3) is 4.59. The number of ether oxygens (including phenoxy) is 1. The van der Waals surface area contributed by atoms with E-state index in [9.17, 15) is 4.79 Å². The van der Waals surface area contributed by atoms with Gasteiger partial charge in [0.05, 0.1) is 5.56 Å². The summed E-state index contributed by atoms with van der Waals surface area (Å²) in [6.45, 7) is 10.0. The molecule has 0 aliphatic heterocycles. The molecule has 0 radical (unpaired) electrons. The summed E-state index contributed by atoms with van der Waals surface area (Å²) < 4.78 is 5.90. The Bertz CT molecular complexity index is 401. The molecule has 0 bridgehead atoms. The molecule has 0 fully saturated rings. The van der Waals surface area contributed by atoms with Crippen LogP contribution in [0.5, 0.6) is 0 Å². The molecule has 18 heavy (non-hydrogen) atoms. The molecular weight excluding hydrogens is 339 g/mol. The Morgan fingerprint density at radius 3 is 2.06 bits per heavy atom. The molecule has 1 aromatic carbocycles. The van der Waals surface area contributed by atoms with Gasteiger partial charge in [-0.1, -0.05) is 48.6 Å². The van der Waals surface area contributed by atoms with Crippen molar-refractivity contribution in [3.8, 4) is 0 Å². The van der Waals surface area contributed by atoms with E-state index in [2.05, 4.69) is 36.4 Å². The van der Waals surface area contributed by atoms with Crippen LogP contribution in [-0.2, 0) is 4.74 Å². The van der Waals surface area contributed by atoms with E-state index in [0.29, 0.717) is 15.4 Å². The van der Waals surface area contributed by atoms with E-state index >= 15 is 0 Å². The minimum absolute atomic E-state index is 0.260. The van der Waals surface area contributed by atoms with E-state index in [1.807, 2.05) is 45.0 Å². The number of esters is 1. The number of hydrogen-bond donors (Lipinski definition) is 0. The van der Waals surface area contributed by atoms with Crippen LogP contribution in [0.4, 0.5) is 0 Å². The molecule has 0 aliphatic rings. The zero-order valence-electron chi connectivity index (χ0n) is 11.7. The molecule has 2 nitrogen and oxygen atoms in total. The maximum Gasteiger partial charge on any atom is 0.338 e. The number of rotatable bonds is 3. The molecule has 0 heterocycles. The Hall–Kier alpha value is -0.580. The Labute approximate surface area is 123 Å². The highest BCUT2D eigenvalue weighted by molar-refractivity contribution is 14.1. The van der Waals surface area contributed by atoms with Crippen LogP contribution in [0.25, 0.3) is 0 Å². The largest absolute Gasteiger partial charge is 0.456 e. The van der Waals surface area contributed by atoms with Crippen LogP contribution in [0.3, 0.4) is 0 Å². The van der Waals surface area contributed by atoms with Crippen molar-refractivity contribution in [2.45, 2.75) is 50.1 Å². The van der Waals surface area contributed by atoms with Crippen molar-refractivity contribution >= 4 is 28.6 Å². The van der Waals surface area contributed by atoms with E-state index in [-0.39, 0.29) is 5.97 Å². The molecule has 2 atom stereocenters. The molecule has 0 N–H and O–H groups in total. The molecule has 3 heteroatoms. The summed E-state index contributed by atoms with van der Waals surface area (Å²) in [6, 6.07) is 7.72. The Morgan fingerprint density at radius 1 is 1.17 bits per heavy atom. The van der Waals surface area contributed by atoms with Crippen LogP contribution in [0.1, 0.15) is 56.5 Å². The maximum absolute atomic E-state index is 11.9. The number of benzene rings is 1. The summed E-state index contributed by atoms with van der Waals surface area (Å²) in [5.41, 5.74) is 1.42. The molecule has 2 unspecified atom stereocenters. The normalized spacial score (nSPS) is 15.0. The minimum atomic E-state index is -0.445. The van der Waals surface area contributed by atoms with Gasteiger partial charge in [-0.15, -0.1) is 0 Å². The van der Waals surface area contributed by atoms with Gasteiger partial charge in [-0.3, -0.25) is 0 Å². The van der Waals surface area contributed by atoms with Gasteiger partial charge < -0.3 is 4.74 Å². The van der Waals surface area contributed by atoms with Crippen molar-refractivity contribution in [2.75, 3.05) is 0 Å². The van der Waals surface area contributed by atoms with Crippen LogP contribution in [0, 0.1) is 0 Å². The lowest BCUT2D eigenvalue weighted by Gasteiger charge is -2.20. The highest BCUT2D eigenvalue weighted by Crippen LogP contribution is 2.25. The summed E-state index contributed by atoms with van der Waals surface area (Å²) >= 11 is 2.42. The van der Waals surface area contributed by atoms with E-state index in [1.165, 1.54) is 5.56 Å². The van der Waals surface area contributed by atoms with Crippen LogP contribution in [0.2, 0.25) is 0 Å². The number of halogens is 1. The number of carbonyl (C=O) groups excluding carboxylic acids is 1. The second-order valence-electron chi connectivity index (χ2n) is 5.59.